The van der Waals surface area contributed by atoms with Crippen molar-refractivity contribution in [2.75, 3.05) is 32.6 Å². The molecule has 0 amide bonds. The van der Waals surface area contributed by atoms with Crippen LogP contribution in [-0.4, -0.2) is 51.9 Å². The molecule has 0 aliphatic rings. The van der Waals surface area contributed by atoms with Crippen LogP contribution in [0.2, 0.25) is 0 Å². The van der Waals surface area contributed by atoms with Gasteiger partial charge < -0.3 is 10.2 Å². The molecule has 0 fully saturated rings. The van der Waals surface area contributed by atoms with Crippen molar-refractivity contribution < 1.29 is 12.8 Å². The third-order valence-electron chi connectivity index (χ3n) is 2.88. The minimum absolute atomic E-state index is 0.151. The van der Waals surface area contributed by atoms with E-state index < -0.39 is 9.84 Å². The molecule has 1 aromatic rings. The topological polar surface area (TPSA) is 61.8 Å². The highest BCUT2D eigenvalue weighted by Crippen LogP contribution is 2.05. The first-order valence-corrected chi connectivity index (χ1v) is 8.72. The van der Waals surface area contributed by atoms with Crippen molar-refractivity contribution in [1.82, 2.24) is 10.2 Å². The summed E-state index contributed by atoms with van der Waals surface area (Å²) < 4.78 is 34.9. The second-order valence-corrected chi connectivity index (χ2v) is 7.20. The van der Waals surface area contributed by atoms with Gasteiger partial charge in [-0.2, -0.15) is 0 Å². The van der Waals surface area contributed by atoms with Crippen LogP contribution in [0.25, 0.3) is 0 Å². The summed E-state index contributed by atoms with van der Waals surface area (Å²) >= 11 is 0. The Balaban J connectivity index is 2.46. The quantitative estimate of drug-likeness (QED) is 0.488. The number of hydrogen-bond acceptors (Lipinski definition) is 3. The molecule has 0 radical (unpaired) electrons. The van der Waals surface area contributed by atoms with Gasteiger partial charge in [0, 0.05) is 33.4 Å². The molecule has 5 nitrogen and oxygen atoms in total. The van der Waals surface area contributed by atoms with E-state index in [9.17, 15) is 12.8 Å². The average Bonchev–Trinajstić information content (AvgIpc) is 2.40. The SMILES string of the molecule is CN=C(NCCCS(C)(=O)=O)N(C)Cc1ccc(F)cc1. The Morgan fingerprint density at radius 2 is 1.95 bits per heavy atom. The summed E-state index contributed by atoms with van der Waals surface area (Å²) in [4.78, 5) is 6.04. The van der Waals surface area contributed by atoms with Crippen LogP contribution in [0.4, 0.5) is 4.39 Å². The molecule has 0 unspecified atom stereocenters. The maximum atomic E-state index is 12.9. The fourth-order valence-corrected chi connectivity index (χ4v) is 2.53. The van der Waals surface area contributed by atoms with Gasteiger partial charge in [0.25, 0.3) is 0 Å². The highest BCUT2D eigenvalue weighted by atomic mass is 32.2. The summed E-state index contributed by atoms with van der Waals surface area (Å²) in [5, 5.41) is 3.11. The van der Waals surface area contributed by atoms with Crippen molar-refractivity contribution in [3.63, 3.8) is 0 Å². The highest BCUT2D eigenvalue weighted by molar-refractivity contribution is 7.90. The summed E-state index contributed by atoms with van der Waals surface area (Å²) in [6, 6.07) is 6.29. The van der Waals surface area contributed by atoms with Gasteiger partial charge in [-0.3, -0.25) is 4.99 Å². The third-order valence-corrected chi connectivity index (χ3v) is 3.91. The van der Waals surface area contributed by atoms with E-state index >= 15 is 0 Å². The van der Waals surface area contributed by atoms with Gasteiger partial charge in [-0.1, -0.05) is 12.1 Å². The molecule has 1 N–H and O–H groups in total. The van der Waals surface area contributed by atoms with Crippen molar-refractivity contribution in [2.24, 2.45) is 4.99 Å². The molecule has 7 heteroatoms. The van der Waals surface area contributed by atoms with E-state index in [0.717, 1.165) is 5.56 Å². The highest BCUT2D eigenvalue weighted by Gasteiger charge is 2.07. The second kappa shape index (κ2) is 7.97. The van der Waals surface area contributed by atoms with Gasteiger partial charge >= 0.3 is 0 Å². The van der Waals surface area contributed by atoms with E-state index in [1.807, 2.05) is 11.9 Å². The van der Waals surface area contributed by atoms with Crippen LogP contribution in [-0.2, 0) is 16.4 Å². The predicted octanol–water partition coefficient (Wildman–Crippen LogP) is 1.27. The zero-order valence-electron chi connectivity index (χ0n) is 12.6. The molecule has 0 bridgehead atoms. The summed E-state index contributed by atoms with van der Waals surface area (Å²) in [6.45, 7) is 1.12. The molecule has 0 aliphatic heterocycles. The fraction of sp³-hybridized carbons (Fsp3) is 0.500. The molecule has 118 valence electrons. The van der Waals surface area contributed by atoms with E-state index in [4.69, 9.17) is 0 Å². The summed E-state index contributed by atoms with van der Waals surface area (Å²) in [5.41, 5.74) is 0.970. The Bertz CT molecular complexity index is 570. The van der Waals surface area contributed by atoms with Gasteiger partial charge in [0.05, 0.1) is 5.75 Å². The molecule has 1 rings (SSSR count). The van der Waals surface area contributed by atoms with Crippen LogP contribution in [0.5, 0.6) is 0 Å². The maximum absolute atomic E-state index is 12.9. The molecule has 0 saturated heterocycles. The normalized spacial score (nSPS) is 12.3. The van der Waals surface area contributed by atoms with Crippen molar-refractivity contribution in [3.05, 3.63) is 35.6 Å². The van der Waals surface area contributed by atoms with E-state index in [1.165, 1.54) is 18.4 Å². The minimum atomic E-state index is -2.93. The Labute approximate surface area is 125 Å². The number of rotatable bonds is 6. The fourth-order valence-electron chi connectivity index (χ4n) is 1.86. The number of sulfone groups is 1. The number of nitrogens with one attached hydrogen (secondary N) is 1. The standard InChI is InChI=1S/C14H22FN3O2S/c1-16-14(17-9-4-10-21(3,19)20)18(2)11-12-5-7-13(15)8-6-12/h5-8H,4,9-11H2,1-3H3,(H,16,17). The number of nitrogens with zero attached hydrogens (tertiary/aromatic N) is 2. The van der Waals surface area contributed by atoms with Gasteiger partial charge in [-0.05, 0) is 24.1 Å². The first kappa shape index (κ1) is 17.4. The van der Waals surface area contributed by atoms with Crippen molar-refractivity contribution in [3.8, 4) is 0 Å². The largest absolute Gasteiger partial charge is 0.356 e. The van der Waals surface area contributed by atoms with Crippen LogP contribution >= 0.6 is 0 Å². The molecule has 0 aliphatic carbocycles. The van der Waals surface area contributed by atoms with E-state index in [2.05, 4.69) is 10.3 Å². The van der Waals surface area contributed by atoms with Crippen molar-refractivity contribution >= 4 is 15.8 Å². The lowest BCUT2D eigenvalue weighted by molar-refractivity contribution is 0.476. The number of benzene rings is 1. The Kier molecular flexibility index (Phi) is 6.61. The smallest absolute Gasteiger partial charge is 0.193 e. The van der Waals surface area contributed by atoms with Gasteiger partial charge in [0.2, 0.25) is 0 Å². The van der Waals surface area contributed by atoms with Crippen LogP contribution in [0, 0.1) is 5.82 Å². The van der Waals surface area contributed by atoms with Gasteiger partial charge in [0.15, 0.2) is 5.96 Å². The molecular formula is C14H22FN3O2S. The lowest BCUT2D eigenvalue weighted by atomic mass is 10.2. The maximum Gasteiger partial charge on any atom is 0.193 e. The summed E-state index contributed by atoms with van der Waals surface area (Å²) in [6.07, 6.45) is 1.75. The first-order valence-electron chi connectivity index (χ1n) is 6.66. The predicted molar refractivity (Wildman–Crippen MR) is 83.6 cm³/mol. The zero-order chi connectivity index (χ0) is 15.9. The summed E-state index contributed by atoms with van der Waals surface area (Å²) in [7, 11) is 0.606. The van der Waals surface area contributed by atoms with Gasteiger partial charge in [0.1, 0.15) is 15.7 Å². The van der Waals surface area contributed by atoms with E-state index in [-0.39, 0.29) is 11.6 Å². The van der Waals surface area contributed by atoms with Crippen LogP contribution < -0.4 is 5.32 Å². The molecular weight excluding hydrogens is 293 g/mol. The summed E-state index contributed by atoms with van der Waals surface area (Å²) in [5.74, 6) is 0.566. The van der Waals surface area contributed by atoms with Gasteiger partial charge in [-0.25, -0.2) is 12.8 Å². The Morgan fingerprint density at radius 1 is 1.33 bits per heavy atom. The molecule has 0 heterocycles. The third kappa shape index (κ3) is 7.08. The lowest BCUT2D eigenvalue weighted by Gasteiger charge is -2.22. The monoisotopic (exact) mass is 315 g/mol. The molecule has 0 saturated carbocycles. The Hall–Kier alpha value is -1.63. The van der Waals surface area contributed by atoms with Crippen LogP contribution in [0.15, 0.2) is 29.3 Å². The number of hydrogen-bond donors (Lipinski definition) is 1. The molecule has 0 aromatic heterocycles. The lowest BCUT2D eigenvalue weighted by Crippen LogP contribution is -2.39. The van der Waals surface area contributed by atoms with E-state index in [1.54, 1.807) is 19.2 Å². The number of guanidine groups is 1. The average molecular weight is 315 g/mol. The molecule has 0 atom stereocenters. The van der Waals surface area contributed by atoms with Gasteiger partial charge in [-0.15, -0.1) is 0 Å². The number of halogens is 1. The zero-order valence-corrected chi connectivity index (χ0v) is 13.5. The van der Waals surface area contributed by atoms with Crippen LogP contribution in [0.1, 0.15) is 12.0 Å². The first-order chi connectivity index (χ1) is 9.81. The minimum Gasteiger partial charge on any atom is -0.356 e. The van der Waals surface area contributed by atoms with Crippen molar-refractivity contribution in [2.45, 2.75) is 13.0 Å². The number of aliphatic imine (C=N–C) groups is 1. The second-order valence-electron chi connectivity index (χ2n) is 4.94. The van der Waals surface area contributed by atoms with E-state index in [0.29, 0.717) is 25.5 Å². The van der Waals surface area contributed by atoms with Crippen molar-refractivity contribution in [1.29, 1.82) is 0 Å². The van der Waals surface area contributed by atoms with Crippen LogP contribution in [0.3, 0.4) is 0 Å². The molecule has 1 aromatic carbocycles. The molecule has 0 spiro atoms. The Morgan fingerprint density at radius 3 is 2.48 bits per heavy atom. The molecule has 21 heavy (non-hydrogen) atoms.